The summed E-state index contributed by atoms with van der Waals surface area (Å²) in [5, 5.41) is 15.9. The van der Waals surface area contributed by atoms with Crippen LogP contribution in [0.1, 0.15) is 61.1 Å². The highest BCUT2D eigenvalue weighted by Gasteiger charge is 2.40. The van der Waals surface area contributed by atoms with Gasteiger partial charge in [-0.1, -0.05) is 24.6 Å². The molecule has 3 aliphatic rings. The lowest BCUT2D eigenvalue weighted by Gasteiger charge is -2.39. The van der Waals surface area contributed by atoms with Gasteiger partial charge in [-0.15, -0.1) is 0 Å². The monoisotopic (exact) mass is 459 g/mol. The number of carbonyl (C=O) groups excluding carboxylic acids is 1. The van der Waals surface area contributed by atoms with E-state index >= 15 is 0 Å². The van der Waals surface area contributed by atoms with Gasteiger partial charge in [0, 0.05) is 38.5 Å². The number of carbonyl (C=O) groups is 2. The van der Waals surface area contributed by atoms with Crippen molar-refractivity contribution in [1.82, 2.24) is 19.7 Å². The van der Waals surface area contributed by atoms with E-state index in [-0.39, 0.29) is 17.6 Å². The maximum Gasteiger partial charge on any atom is 0.354 e. The van der Waals surface area contributed by atoms with Gasteiger partial charge < -0.3 is 14.9 Å². The molecule has 8 heteroatoms. The van der Waals surface area contributed by atoms with E-state index in [2.05, 4.69) is 9.88 Å². The zero-order chi connectivity index (χ0) is 23.4. The highest BCUT2D eigenvalue weighted by Crippen LogP contribution is 2.44. The number of hydrogen-bond donors (Lipinski definition) is 1. The summed E-state index contributed by atoms with van der Waals surface area (Å²) in [4.78, 5) is 33.1. The van der Waals surface area contributed by atoms with Gasteiger partial charge in [-0.2, -0.15) is 5.10 Å². The molecule has 4 heterocycles. The topological polar surface area (TPSA) is 91.6 Å². The SMILES string of the molecule is CC(=O)N1CCC2CN(c3cc(C(=O)O)nc4c3c(C3CCC3)nn4-c3ccccc3)CCC21. The summed E-state index contributed by atoms with van der Waals surface area (Å²) in [5.74, 6) is -0.115. The van der Waals surface area contributed by atoms with Crippen LogP contribution in [0.2, 0.25) is 0 Å². The fourth-order valence-corrected chi connectivity index (χ4v) is 5.99. The third kappa shape index (κ3) is 3.35. The van der Waals surface area contributed by atoms with E-state index in [0.717, 1.165) is 67.8 Å². The summed E-state index contributed by atoms with van der Waals surface area (Å²) in [5.41, 5.74) is 3.49. The van der Waals surface area contributed by atoms with Crippen LogP contribution in [0.3, 0.4) is 0 Å². The minimum Gasteiger partial charge on any atom is -0.477 e. The molecule has 3 fully saturated rings. The minimum absolute atomic E-state index is 0.0404. The van der Waals surface area contributed by atoms with Crippen molar-refractivity contribution < 1.29 is 14.7 Å². The van der Waals surface area contributed by atoms with E-state index in [4.69, 9.17) is 5.10 Å². The molecular formula is C26H29N5O3. The average molecular weight is 460 g/mol. The molecule has 0 bridgehead atoms. The van der Waals surface area contributed by atoms with Crippen LogP contribution in [0, 0.1) is 5.92 Å². The molecule has 176 valence electrons. The van der Waals surface area contributed by atoms with Crippen molar-refractivity contribution in [2.75, 3.05) is 24.5 Å². The number of likely N-dealkylation sites (tertiary alicyclic amines) is 1. The number of piperidine rings is 1. The fourth-order valence-electron chi connectivity index (χ4n) is 5.99. The summed E-state index contributed by atoms with van der Waals surface area (Å²) in [6, 6.07) is 11.8. The molecule has 2 aliphatic heterocycles. The molecule has 1 amide bonds. The van der Waals surface area contributed by atoms with E-state index in [0.29, 0.717) is 17.5 Å². The van der Waals surface area contributed by atoms with Crippen LogP contribution in [-0.2, 0) is 4.79 Å². The van der Waals surface area contributed by atoms with Crippen molar-refractivity contribution in [2.24, 2.45) is 5.92 Å². The smallest absolute Gasteiger partial charge is 0.354 e. The molecule has 1 N–H and O–H groups in total. The van der Waals surface area contributed by atoms with Crippen molar-refractivity contribution >= 4 is 28.6 Å². The molecule has 0 radical (unpaired) electrons. The summed E-state index contributed by atoms with van der Waals surface area (Å²) in [7, 11) is 0. The van der Waals surface area contributed by atoms with Crippen LogP contribution in [0.25, 0.3) is 16.7 Å². The first kappa shape index (κ1) is 21.1. The summed E-state index contributed by atoms with van der Waals surface area (Å²) in [6.45, 7) is 4.06. The summed E-state index contributed by atoms with van der Waals surface area (Å²) < 4.78 is 1.82. The van der Waals surface area contributed by atoms with Gasteiger partial charge in [-0.05, 0) is 49.8 Å². The molecule has 2 saturated heterocycles. The van der Waals surface area contributed by atoms with Crippen LogP contribution in [-0.4, -0.2) is 62.3 Å². The maximum atomic E-state index is 12.1. The molecule has 0 spiro atoms. The van der Waals surface area contributed by atoms with E-state index in [1.54, 1.807) is 13.0 Å². The Morgan fingerprint density at radius 2 is 1.85 bits per heavy atom. The van der Waals surface area contributed by atoms with Crippen LogP contribution < -0.4 is 4.90 Å². The molecule has 2 unspecified atom stereocenters. The molecule has 34 heavy (non-hydrogen) atoms. The lowest BCUT2D eigenvalue weighted by molar-refractivity contribution is -0.130. The van der Waals surface area contributed by atoms with E-state index in [1.165, 1.54) is 6.42 Å². The maximum absolute atomic E-state index is 12.1. The molecule has 8 nitrogen and oxygen atoms in total. The largest absolute Gasteiger partial charge is 0.477 e. The second-order valence-electron chi connectivity index (χ2n) is 9.85. The lowest BCUT2D eigenvalue weighted by atomic mass is 9.81. The van der Waals surface area contributed by atoms with Gasteiger partial charge in [0.15, 0.2) is 11.3 Å². The third-order valence-electron chi connectivity index (χ3n) is 7.94. The first-order chi connectivity index (χ1) is 16.5. The van der Waals surface area contributed by atoms with E-state index < -0.39 is 5.97 Å². The van der Waals surface area contributed by atoms with Gasteiger partial charge in [-0.3, -0.25) is 4.79 Å². The Hall–Kier alpha value is -3.42. The van der Waals surface area contributed by atoms with Gasteiger partial charge >= 0.3 is 5.97 Å². The predicted octanol–water partition coefficient (Wildman–Crippen LogP) is 3.83. The highest BCUT2D eigenvalue weighted by atomic mass is 16.4. The lowest BCUT2D eigenvalue weighted by Crippen LogP contribution is -2.47. The van der Waals surface area contributed by atoms with Crippen molar-refractivity contribution in [3.05, 3.63) is 47.8 Å². The van der Waals surface area contributed by atoms with Gasteiger partial charge in [0.1, 0.15) is 0 Å². The Morgan fingerprint density at radius 3 is 2.53 bits per heavy atom. The van der Waals surface area contributed by atoms with Crippen molar-refractivity contribution in [3.8, 4) is 5.69 Å². The van der Waals surface area contributed by atoms with Crippen LogP contribution >= 0.6 is 0 Å². The Morgan fingerprint density at radius 1 is 1.06 bits per heavy atom. The second kappa shape index (κ2) is 8.11. The summed E-state index contributed by atoms with van der Waals surface area (Å²) in [6.07, 6.45) is 5.26. The average Bonchev–Trinajstić information content (AvgIpc) is 3.39. The normalized spacial score (nSPS) is 22.6. The first-order valence-electron chi connectivity index (χ1n) is 12.3. The zero-order valence-electron chi connectivity index (χ0n) is 19.4. The Bertz CT molecular complexity index is 1270. The number of aromatic carboxylic acids is 1. The summed E-state index contributed by atoms with van der Waals surface area (Å²) >= 11 is 0. The standard InChI is InChI=1S/C26H29N5O3/c1-16(32)30-13-10-18-15-29(12-11-21(18)30)22-14-20(26(33)34)27-25-23(22)24(17-6-5-7-17)28-31(25)19-8-3-2-4-9-19/h2-4,8-9,14,17-18,21H,5-7,10-13,15H2,1H3,(H,33,34). The van der Waals surface area contributed by atoms with Gasteiger partial charge in [-0.25, -0.2) is 14.5 Å². The molecule has 2 atom stereocenters. The Kier molecular flexibility index (Phi) is 5.04. The van der Waals surface area contributed by atoms with Gasteiger partial charge in [0.2, 0.25) is 5.91 Å². The van der Waals surface area contributed by atoms with Crippen LogP contribution in [0.5, 0.6) is 0 Å². The van der Waals surface area contributed by atoms with Crippen molar-refractivity contribution in [3.63, 3.8) is 0 Å². The number of para-hydroxylation sites is 1. The number of hydrogen-bond acceptors (Lipinski definition) is 5. The van der Waals surface area contributed by atoms with E-state index in [9.17, 15) is 14.7 Å². The molecule has 1 saturated carbocycles. The third-order valence-corrected chi connectivity index (χ3v) is 7.94. The second-order valence-corrected chi connectivity index (χ2v) is 9.85. The quantitative estimate of drug-likeness (QED) is 0.638. The predicted molar refractivity (Wildman–Crippen MR) is 129 cm³/mol. The zero-order valence-corrected chi connectivity index (χ0v) is 19.4. The van der Waals surface area contributed by atoms with Crippen molar-refractivity contribution in [1.29, 1.82) is 0 Å². The Balaban J connectivity index is 1.49. The van der Waals surface area contributed by atoms with Crippen LogP contribution in [0.15, 0.2) is 36.4 Å². The number of nitrogens with zero attached hydrogens (tertiary/aromatic N) is 5. The number of benzene rings is 1. The Labute approximate surface area is 198 Å². The van der Waals surface area contributed by atoms with Crippen molar-refractivity contribution in [2.45, 2.75) is 51.0 Å². The molecule has 6 rings (SSSR count). The number of aromatic nitrogens is 3. The highest BCUT2D eigenvalue weighted by molar-refractivity contribution is 5.98. The number of fused-ring (bicyclic) bond motifs is 2. The fraction of sp³-hybridized carbons (Fsp3) is 0.462. The number of anilines is 1. The molecular weight excluding hydrogens is 430 g/mol. The van der Waals surface area contributed by atoms with Gasteiger partial charge in [0.25, 0.3) is 0 Å². The van der Waals surface area contributed by atoms with Gasteiger partial charge in [0.05, 0.1) is 22.5 Å². The number of rotatable bonds is 4. The molecule has 2 aromatic heterocycles. The minimum atomic E-state index is -1.03. The van der Waals surface area contributed by atoms with Crippen LogP contribution in [0.4, 0.5) is 5.69 Å². The number of carboxylic acids is 1. The molecule has 1 aliphatic carbocycles. The molecule has 3 aromatic rings. The number of carboxylic acid groups (broad SMARTS) is 1. The number of pyridine rings is 1. The van der Waals surface area contributed by atoms with E-state index in [1.807, 2.05) is 39.9 Å². The molecule has 1 aromatic carbocycles. The number of amides is 1. The first-order valence-corrected chi connectivity index (χ1v) is 12.3.